The SMILES string of the molecule is NC(c1cccc(Cl)c1)c1cc(C(=O)c2cncnc2N[C@H]2CC[C@@H](COS(N)(=O)=O)C2)sc1Cl. The third-order valence-electron chi connectivity index (χ3n) is 5.79. The number of rotatable bonds is 9. The Kier molecular flexibility index (Phi) is 8.06. The van der Waals surface area contributed by atoms with Gasteiger partial charge in [-0.25, -0.2) is 15.1 Å². The summed E-state index contributed by atoms with van der Waals surface area (Å²) < 4.78 is 27.2. The van der Waals surface area contributed by atoms with Gasteiger partial charge in [-0.05, 0) is 48.9 Å². The van der Waals surface area contributed by atoms with Crippen LogP contribution in [-0.4, -0.2) is 36.8 Å². The van der Waals surface area contributed by atoms with Crippen LogP contribution >= 0.6 is 34.5 Å². The lowest BCUT2D eigenvalue weighted by Crippen LogP contribution is -2.22. The van der Waals surface area contributed by atoms with E-state index < -0.39 is 16.3 Å². The molecule has 1 fully saturated rings. The van der Waals surface area contributed by atoms with Crippen molar-refractivity contribution in [3.8, 4) is 0 Å². The minimum absolute atomic E-state index is 0.00994. The third-order valence-corrected chi connectivity index (χ3v) is 7.87. The largest absolute Gasteiger partial charge is 0.367 e. The molecular weight excluding hydrogens is 533 g/mol. The molecule has 186 valence electrons. The van der Waals surface area contributed by atoms with Crippen LogP contribution in [0.15, 0.2) is 42.9 Å². The van der Waals surface area contributed by atoms with Crippen LogP contribution in [0.2, 0.25) is 9.36 Å². The summed E-state index contributed by atoms with van der Waals surface area (Å²) in [5, 5.41) is 8.75. The van der Waals surface area contributed by atoms with Crippen LogP contribution < -0.4 is 16.2 Å². The molecule has 5 N–H and O–H groups in total. The molecule has 1 unspecified atom stereocenters. The lowest BCUT2D eigenvalue weighted by atomic mass is 10.0. The van der Waals surface area contributed by atoms with Gasteiger partial charge in [-0.15, -0.1) is 11.3 Å². The molecule has 13 heteroatoms. The summed E-state index contributed by atoms with van der Waals surface area (Å²) in [4.78, 5) is 22.1. The van der Waals surface area contributed by atoms with Gasteiger partial charge in [-0.1, -0.05) is 35.3 Å². The summed E-state index contributed by atoms with van der Waals surface area (Å²) in [6, 6.07) is 8.31. The second-order valence-corrected chi connectivity index (χ2v) is 11.6. The highest BCUT2D eigenvalue weighted by Gasteiger charge is 2.28. The number of aromatic nitrogens is 2. The predicted octanol–water partition coefficient (Wildman–Crippen LogP) is 3.92. The highest BCUT2D eigenvalue weighted by molar-refractivity contribution is 7.84. The van der Waals surface area contributed by atoms with Crippen molar-refractivity contribution in [2.75, 3.05) is 11.9 Å². The number of nitrogens with two attached hydrogens (primary N) is 2. The van der Waals surface area contributed by atoms with Crippen molar-refractivity contribution >= 4 is 56.4 Å². The lowest BCUT2D eigenvalue weighted by molar-refractivity contribution is 0.104. The Morgan fingerprint density at radius 2 is 2.09 bits per heavy atom. The van der Waals surface area contributed by atoms with Crippen molar-refractivity contribution in [2.45, 2.75) is 31.3 Å². The number of anilines is 1. The Labute approximate surface area is 217 Å². The second-order valence-electron chi connectivity index (χ2n) is 8.28. The number of thiophene rings is 1. The summed E-state index contributed by atoms with van der Waals surface area (Å²) in [6.07, 6.45) is 4.99. The van der Waals surface area contributed by atoms with E-state index in [1.807, 2.05) is 6.07 Å². The molecule has 0 bridgehead atoms. The molecule has 1 saturated carbocycles. The first-order valence-corrected chi connectivity index (χ1v) is 13.7. The van der Waals surface area contributed by atoms with Gasteiger partial charge in [0.25, 0.3) is 0 Å². The first-order chi connectivity index (χ1) is 16.6. The monoisotopic (exact) mass is 555 g/mol. The van der Waals surface area contributed by atoms with Gasteiger partial charge in [-0.3, -0.25) is 8.98 Å². The highest BCUT2D eigenvalue weighted by Crippen LogP contribution is 2.36. The topological polar surface area (TPSA) is 150 Å². The van der Waals surface area contributed by atoms with Crippen molar-refractivity contribution < 1.29 is 17.4 Å². The molecule has 3 atom stereocenters. The van der Waals surface area contributed by atoms with Crippen LogP contribution in [0.5, 0.6) is 0 Å². The van der Waals surface area contributed by atoms with Gasteiger partial charge in [0, 0.05) is 22.8 Å². The second kappa shape index (κ2) is 10.9. The molecule has 35 heavy (non-hydrogen) atoms. The van der Waals surface area contributed by atoms with E-state index in [1.165, 1.54) is 12.5 Å². The number of carbonyl (C=O) groups excluding carboxylic acids is 1. The van der Waals surface area contributed by atoms with Gasteiger partial charge in [0.1, 0.15) is 12.1 Å². The van der Waals surface area contributed by atoms with E-state index in [1.54, 1.807) is 24.3 Å². The fourth-order valence-electron chi connectivity index (χ4n) is 4.07. The number of ketones is 1. The van der Waals surface area contributed by atoms with E-state index in [0.29, 0.717) is 37.6 Å². The normalized spacial score (nSPS) is 19.0. The van der Waals surface area contributed by atoms with E-state index in [2.05, 4.69) is 15.3 Å². The van der Waals surface area contributed by atoms with Crippen molar-refractivity contribution in [1.29, 1.82) is 0 Å². The Hall–Kier alpha value is -2.12. The zero-order valence-corrected chi connectivity index (χ0v) is 21.5. The van der Waals surface area contributed by atoms with E-state index in [4.69, 9.17) is 38.3 Å². The van der Waals surface area contributed by atoms with Crippen molar-refractivity contribution in [1.82, 2.24) is 9.97 Å². The molecular formula is C22H23Cl2N5O4S2. The number of halogens is 2. The van der Waals surface area contributed by atoms with Gasteiger partial charge in [-0.2, -0.15) is 8.42 Å². The summed E-state index contributed by atoms with van der Waals surface area (Å²) in [6.45, 7) is 0.0237. The van der Waals surface area contributed by atoms with Gasteiger partial charge in [0.05, 0.1) is 27.4 Å². The van der Waals surface area contributed by atoms with Crippen LogP contribution in [0.25, 0.3) is 0 Å². The zero-order valence-electron chi connectivity index (χ0n) is 18.4. The number of nitrogens with one attached hydrogen (secondary N) is 1. The molecule has 4 rings (SSSR count). The van der Waals surface area contributed by atoms with Crippen LogP contribution in [-0.2, 0) is 14.5 Å². The molecule has 0 saturated heterocycles. The summed E-state index contributed by atoms with van der Waals surface area (Å²) >= 11 is 13.7. The summed E-state index contributed by atoms with van der Waals surface area (Å²) in [5.74, 6) is 0.142. The standard InChI is InChI=1S/C22H23Cl2N5O4S2/c23-14-3-1-2-13(7-14)19(25)16-8-18(34-21(16)24)20(30)17-9-27-11-28-22(17)29-15-5-4-12(6-15)10-33-35(26,31)32/h1-3,7-9,11-12,15,19H,4-6,10,25H2,(H2,26,31,32)(H,27,28,29)/t12-,15+,19?/m1/s1. The van der Waals surface area contributed by atoms with Gasteiger partial charge < -0.3 is 11.1 Å². The third kappa shape index (κ3) is 6.56. The van der Waals surface area contributed by atoms with E-state index in [0.717, 1.165) is 29.7 Å². The molecule has 2 aromatic heterocycles. The molecule has 0 spiro atoms. The summed E-state index contributed by atoms with van der Waals surface area (Å²) in [5.41, 5.74) is 8.11. The summed E-state index contributed by atoms with van der Waals surface area (Å²) in [7, 11) is -3.98. The fourth-order valence-corrected chi connectivity index (χ4v) is 5.96. The van der Waals surface area contributed by atoms with Crippen LogP contribution in [0, 0.1) is 5.92 Å². The molecule has 1 aliphatic rings. The van der Waals surface area contributed by atoms with Crippen molar-refractivity contribution in [2.24, 2.45) is 16.8 Å². The number of hydrogen-bond donors (Lipinski definition) is 3. The lowest BCUT2D eigenvalue weighted by Gasteiger charge is -2.15. The molecule has 1 aliphatic carbocycles. The first kappa shape index (κ1) is 26.0. The maximum Gasteiger partial charge on any atom is 0.333 e. The number of hydrogen-bond acceptors (Lipinski definition) is 9. The number of benzene rings is 1. The molecule has 3 aromatic rings. The molecule has 1 aromatic carbocycles. The Balaban J connectivity index is 1.49. The number of carbonyl (C=O) groups is 1. The van der Waals surface area contributed by atoms with Crippen LogP contribution in [0.4, 0.5) is 5.82 Å². The average Bonchev–Trinajstić information content (AvgIpc) is 3.43. The van der Waals surface area contributed by atoms with Gasteiger partial charge in [0.15, 0.2) is 0 Å². The molecule has 0 aliphatic heterocycles. The van der Waals surface area contributed by atoms with E-state index in [9.17, 15) is 13.2 Å². The maximum atomic E-state index is 13.4. The van der Waals surface area contributed by atoms with Crippen molar-refractivity contribution in [3.63, 3.8) is 0 Å². The molecule has 2 heterocycles. The van der Waals surface area contributed by atoms with Crippen molar-refractivity contribution in [3.05, 3.63) is 73.8 Å². The molecule has 0 radical (unpaired) electrons. The van der Waals surface area contributed by atoms with E-state index >= 15 is 0 Å². The Bertz CT molecular complexity index is 1330. The number of nitrogens with zero attached hydrogens (tertiary/aromatic N) is 2. The van der Waals surface area contributed by atoms with Gasteiger partial charge >= 0.3 is 10.3 Å². The highest BCUT2D eigenvalue weighted by atomic mass is 35.5. The average molecular weight is 556 g/mol. The van der Waals surface area contributed by atoms with Crippen LogP contribution in [0.1, 0.15) is 51.7 Å². The quantitative estimate of drug-likeness (QED) is 0.336. The molecule has 0 amide bonds. The fraction of sp³-hybridized carbons (Fsp3) is 0.318. The van der Waals surface area contributed by atoms with Gasteiger partial charge in [0.2, 0.25) is 5.78 Å². The minimum atomic E-state index is -3.98. The first-order valence-electron chi connectivity index (χ1n) is 10.7. The maximum absolute atomic E-state index is 13.4. The zero-order chi connectivity index (χ0) is 25.2. The predicted molar refractivity (Wildman–Crippen MR) is 136 cm³/mol. The molecule has 9 nitrogen and oxygen atoms in total. The van der Waals surface area contributed by atoms with Crippen LogP contribution in [0.3, 0.4) is 0 Å². The van der Waals surface area contributed by atoms with E-state index in [-0.39, 0.29) is 24.3 Å². The Morgan fingerprint density at radius 3 is 2.83 bits per heavy atom. The minimum Gasteiger partial charge on any atom is -0.367 e. The smallest absolute Gasteiger partial charge is 0.333 e. The Morgan fingerprint density at radius 1 is 1.29 bits per heavy atom.